The molecule has 2 heterocycles. The fourth-order valence-corrected chi connectivity index (χ4v) is 4.20. The van der Waals surface area contributed by atoms with Crippen molar-refractivity contribution in [3.05, 3.63) is 112 Å². The molecule has 0 fully saturated rings. The van der Waals surface area contributed by atoms with E-state index in [0.29, 0.717) is 23.3 Å². The third-order valence-corrected chi connectivity index (χ3v) is 6.20. The van der Waals surface area contributed by atoms with Crippen LogP contribution in [0.1, 0.15) is 35.5 Å². The average Bonchev–Trinajstić information content (AvgIpc) is 3.33. The van der Waals surface area contributed by atoms with Crippen LogP contribution in [0.3, 0.4) is 0 Å². The third-order valence-electron chi connectivity index (χ3n) is 5.95. The molecule has 170 valence electrons. The van der Waals surface area contributed by atoms with E-state index in [1.54, 1.807) is 17.0 Å². The Labute approximate surface area is 202 Å². The van der Waals surface area contributed by atoms with Crippen LogP contribution in [0.2, 0.25) is 5.02 Å². The van der Waals surface area contributed by atoms with Gasteiger partial charge < -0.3 is 9.84 Å². The summed E-state index contributed by atoms with van der Waals surface area (Å²) in [6.07, 6.45) is 0. The van der Waals surface area contributed by atoms with Crippen molar-refractivity contribution in [2.24, 2.45) is 0 Å². The van der Waals surface area contributed by atoms with Crippen molar-refractivity contribution >= 4 is 23.2 Å². The molecule has 5 rings (SSSR count). The number of benzene rings is 3. The van der Waals surface area contributed by atoms with Crippen LogP contribution in [0.15, 0.2) is 89.1 Å². The molecule has 1 aliphatic heterocycles. The molecule has 7 heteroatoms. The molecule has 0 saturated carbocycles. The van der Waals surface area contributed by atoms with Gasteiger partial charge in [-0.25, -0.2) is 4.79 Å². The van der Waals surface area contributed by atoms with Crippen LogP contribution in [-0.4, -0.2) is 21.1 Å². The first-order valence-corrected chi connectivity index (χ1v) is 11.4. The number of nitrogens with one attached hydrogen (secondary N) is 1. The van der Waals surface area contributed by atoms with Crippen molar-refractivity contribution in [3.63, 3.8) is 0 Å². The highest BCUT2D eigenvalue weighted by Crippen LogP contribution is 2.38. The van der Waals surface area contributed by atoms with Crippen LogP contribution < -0.4 is 5.32 Å². The lowest BCUT2D eigenvalue weighted by Gasteiger charge is -2.35. The van der Waals surface area contributed by atoms with E-state index >= 15 is 0 Å². The minimum absolute atomic E-state index is 0.191. The molecule has 0 radical (unpaired) electrons. The number of carbonyl (C=O) groups is 1. The van der Waals surface area contributed by atoms with Gasteiger partial charge in [-0.15, -0.1) is 0 Å². The summed E-state index contributed by atoms with van der Waals surface area (Å²) < 4.78 is 5.75. The topological polar surface area (TPSA) is 71.3 Å². The summed E-state index contributed by atoms with van der Waals surface area (Å²) in [5.74, 6) is 0.864. The second-order valence-corrected chi connectivity index (χ2v) is 8.73. The molecule has 1 unspecified atom stereocenters. The lowest BCUT2D eigenvalue weighted by molar-refractivity contribution is 0.203. The third kappa shape index (κ3) is 4.32. The summed E-state index contributed by atoms with van der Waals surface area (Å²) in [4.78, 5) is 19.6. The van der Waals surface area contributed by atoms with Crippen molar-refractivity contribution < 1.29 is 9.32 Å². The molecule has 4 aromatic rings. The molecule has 3 aromatic carbocycles. The zero-order chi connectivity index (χ0) is 23.7. The predicted molar refractivity (Wildman–Crippen MR) is 132 cm³/mol. The molecule has 1 N–H and O–H groups in total. The van der Waals surface area contributed by atoms with Crippen LogP contribution >= 0.6 is 11.6 Å². The molecule has 34 heavy (non-hydrogen) atoms. The predicted octanol–water partition coefficient (Wildman–Crippen LogP) is 6.40. The molecular weight excluding hydrogens is 448 g/mol. The maximum atomic E-state index is 13.2. The Kier molecular flexibility index (Phi) is 5.90. The molecule has 0 aliphatic carbocycles. The Hall–Kier alpha value is -3.90. The summed E-state index contributed by atoms with van der Waals surface area (Å²) in [5.41, 5.74) is 5.42. The Balaban J connectivity index is 1.59. The number of aryl methyl sites for hydroxylation is 1. The van der Waals surface area contributed by atoms with Gasteiger partial charge in [-0.1, -0.05) is 89.1 Å². The van der Waals surface area contributed by atoms with Crippen molar-refractivity contribution in [2.75, 3.05) is 0 Å². The fraction of sp³-hybridized carbons (Fsp3) is 0.148. The van der Waals surface area contributed by atoms with Gasteiger partial charge in [0.15, 0.2) is 0 Å². The second-order valence-electron chi connectivity index (χ2n) is 8.29. The summed E-state index contributed by atoms with van der Waals surface area (Å²) in [7, 11) is 0. The molecule has 1 atom stereocenters. The number of allylic oxidation sites excluding steroid dienone is 1. The highest BCUT2D eigenvalue weighted by atomic mass is 35.5. The van der Waals surface area contributed by atoms with Gasteiger partial charge in [-0.2, -0.15) is 4.98 Å². The van der Waals surface area contributed by atoms with Crippen LogP contribution in [0, 0.1) is 6.92 Å². The lowest BCUT2D eigenvalue weighted by Crippen LogP contribution is -2.45. The van der Waals surface area contributed by atoms with Gasteiger partial charge in [-0.3, -0.25) is 4.90 Å². The van der Waals surface area contributed by atoms with Gasteiger partial charge in [0.1, 0.15) is 0 Å². The Morgan fingerprint density at radius 3 is 2.38 bits per heavy atom. The molecule has 6 nitrogen and oxygen atoms in total. The number of hydrogen-bond donors (Lipinski definition) is 1. The number of urea groups is 1. The Morgan fingerprint density at radius 1 is 0.971 bits per heavy atom. The zero-order valence-electron chi connectivity index (χ0n) is 18.8. The first-order chi connectivity index (χ1) is 16.5. The summed E-state index contributed by atoms with van der Waals surface area (Å²) in [6.45, 7) is 4.37. The highest BCUT2D eigenvalue weighted by Gasteiger charge is 2.35. The van der Waals surface area contributed by atoms with E-state index in [1.165, 1.54) is 0 Å². The van der Waals surface area contributed by atoms with E-state index < -0.39 is 6.04 Å². The van der Waals surface area contributed by atoms with E-state index in [1.807, 2.05) is 80.6 Å². The van der Waals surface area contributed by atoms with E-state index in [-0.39, 0.29) is 6.03 Å². The minimum Gasteiger partial charge on any atom is -0.334 e. The fourth-order valence-electron chi connectivity index (χ4n) is 4.07. The van der Waals surface area contributed by atoms with Crippen LogP contribution in [0.4, 0.5) is 4.79 Å². The van der Waals surface area contributed by atoms with Crippen LogP contribution in [0.5, 0.6) is 0 Å². The van der Waals surface area contributed by atoms with Gasteiger partial charge in [0.2, 0.25) is 5.82 Å². The van der Waals surface area contributed by atoms with Gasteiger partial charge in [0, 0.05) is 16.3 Å². The van der Waals surface area contributed by atoms with Crippen LogP contribution in [-0.2, 0) is 6.54 Å². The molecule has 2 amide bonds. The SMILES string of the molecule is CC1=C(c2nc(-c3ccc(C)cc3)no2)C(c2ccc(Cl)cc2)NC(=O)N1Cc1ccccc1. The van der Waals surface area contributed by atoms with Crippen LogP contribution in [0.25, 0.3) is 17.0 Å². The lowest BCUT2D eigenvalue weighted by atomic mass is 9.94. The van der Waals surface area contributed by atoms with Crippen molar-refractivity contribution in [2.45, 2.75) is 26.4 Å². The maximum Gasteiger partial charge on any atom is 0.322 e. The number of aromatic nitrogens is 2. The molecule has 0 spiro atoms. The van der Waals surface area contributed by atoms with E-state index in [9.17, 15) is 4.79 Å². The van der Waals surface area contributed by atoms with E-state index in [2.05, 4.69) is 10.5 Å². The van der Waals surface area contributed by atoms with E-state index in [4.69, 9.17) is 21.1 Å². The zero-order valence-corrected chi connectivity index (χ0v) is 19.6. The molecule has 0 bridgehead atoms. The maximum absolute atomic E-state index is 13.2. The molecule has 1 aliphatic rings. The number of carbonyl (C=O) groups excluding carboxylic acids is 1. The number of nitrogens with zero attached hydrogens (tertiary/aromatic N) is 3. The van der Waals surface area contributed by atoms with Crippen molar-refractivity contribution in [3.8, 4) is 11.4 Å². The standard InChI is InChI=1S/C27H23ClN4O2/c1-17-8-10-21(11-9-17)25-30-26(34-31-25)23-18(2)32(16-19-6-4-3-5-7-19)27(33)29-24(23)20-12-14-22(28)15-13-20/h3-15,24H,16H2,1-2H3,(H,29,33). The first kappa shape index (κ1) is 21.9. The number of hydrogen-bond acceptors (Lipinski definition) is 4. The monoisotopic (exact) mass is 470 g/mol. The quantitative estimate of drug-likeness (QED) is 0.366. The summed E-state index contributed by atoms with van der Waals surface area (Å²) in [6, 6.07) is 24.6. The first-order valence-electron chi connectivity index (χ1n) is 11.0. The Bertz CT molecular complexity index is 1350. The van der Waals surface area contributed by atoms with Gasteiger partial charge in [-0.05, 0) is 37.1 Å². The number of amides is 2. The normalized spacial score (nSPS) is 16.0. The molecular formula is C27H23ClN4O2. The molecule has 0 saturated heterocycles. The minimum atomic E-state index is -0.455. The largest absolute Gasteiger partial charge is 0.334 e. The number of rotatable bonds is 5. The number of halogens is 1. The van der Waals surface area contributed by atoms with Gasteiger partial charge in [0.25, 0.3) is 5.89 Å². The molecule has 1 aromatic heterocycles. The van der Waals surface area contributed by atoms with Crippen molar-refractivity contribution in [1.82, 2.24) is 20.4 Å². The van der Waals surface area contributed by atoms with Crippen molar-refractivity contribution in [1.29, 1.82) is 0 Å². The van der Waals surface area contributed by atoms with Gasteiger partial charge in [0.05, 0.1) is 18.2 Å². The smallest absolute Gasteiger partial charge is 0.322 e. The Morgan fingerprint density at radius 2 is 1.68 bits per heavy atom. The van der Waals surface area contributed by atoms with Gasteiger partial charge >= 0.3 is 6.03 Å². The van der Waals surface area contributed by atoms with E-state index in [0.717, 1.165) is 33.5 Å². The highest BCUT2D eigenvalue weighted by molar-refractivity contribution is 6.30. The summed E-state index contributed by atoms with van der Waals surface area (Å²) in [5, 5.41) is 7.96. The summed E-state index contributed by atoms with van der Waals surface area (Å²) >= 11 is 6.11. The second kappa shape index (κ2) is 9.15. The average molecular weight is 471 g/mol.